The molecule has 0 spiro atoms. The van der Waals surface area contributed by atoms with Gasteiger partial charge in [0.05, 0.1) is 22.0 Å². The van der Waals surface area contributed by atoms with Crippen LogP contribution in [-0.2, 0) is 23.8 Å². The molecule has 152 valence electrons. The van der Waals surface area contributed by atoms with Crippen molar-refractivity contribution < 1.29 is 18.0 Å². The van der Waals surface area contributed by atoms with Gasteiger partial charge in [0.15, 0.2) is 0 Å². The van der Waals surface area contributed by atoms with Crippen LogP contribution in [-0.4, -0.2) is 21.6 Å². The highest BCUT2D eigenvalue weighted by molar-refractivity contribution is 8.00. The molecule has 0 atom stereocenters. The lowest BCUT2D eigenvalue weighted by atomic mass is 10.2. The molecular formula is C19H15ClF3N3OS2. The quantitative estimate of drug-likeness (QED) is 0.392. The van der Waals surface area contributed by atoms with Gasteiger partial charge in [0.1, 0.15) is 15.7 Å². The van der Waals surface area contributed by atoms with E-state index >= 15 is 0 Å². The number of rotatable bonds is 4. The normalized spacial score (nSPS) is 13.7. The van der Waals surface area contributed by atoms with Gasteiger partial charge in [-0.3, -0.25) is 4.79 Å². The fourth-order valence-corrected chi connectivity index (χ4v) is 5.72. The van der Waals surface area contributed by atoms with Crippen molar-refractivity contribution >= 4 is 56.5 Å². The van der Waals surface area contributed by atoms with Crippen LogP contribution < -0.4 is 5.32 Å². The van der Waals surface area contributed by atoms with E-state index in [1.54, 1.807) is 18.3 Å². The molecule has 2 aromatic heterocycles. The van der Waals surface area contributed by atoms with E-state index < -0.39 is 17.6 Å². The van der Waals surface area contributed by atoms with E-state index in [1.165, 1.54) is 22.2 Å². The van der Waals surface area contributed by atoms with E-state index in [-0.39, 0.29) is 16.5 Å². The topological polar surface area (TPSA) is 54.9 Å². The molecule has 1 aliphatic rings. The molecule has 0 unspecified atom stereocenters. The van der Waals surface area contributed by atoms with Gasteiger partial charge >= 0.3 is 6.18 Å². The minimum atomic E-state index is -4.51. The van der Waals surface area contributed by atoms with Crippen LogP contribution in [0.15, 0.2) is 23.2 Å². The van der Waals surface area contributed by atoms with Gasteiger partial charge in [-0.1, -0.05) is 23.4 Å². The van der Waals surface area contributed by atoms with E-state index in [2.05, 4.69) is 15.3 Å². The van der Waals surface area contributed by atoms with Gasteiger partial charge in [0.2, 0.25) is 5.91 Å². The average molecular weight is 458 g/mol. The molecule has 3 aromatic rings. The number of benzene rings is 1. The molecule has 0 aliphatic heterocycles. The first kappa shape index (κ1) is 20.4. The van der Waals surface area contributed by atoms with E-state index in [4.69, 9.17) is 11.6 Å². The molecule has 4 rings (SSSR count). The standard InChI is InChI=1S/C19H15ClF3N3OS2/c1-9-24-17(16-11-3-2-4-14(11)29-18(16)25-9)28-8-15(27)26-13-7-10(19(21,22)23)5-6-12(13)20/h5-7H,2-4,8H2,1H3,(H,26,27). The highest BCUT2D eigenvalue weighted by atomic mass is 35.5. The van der Waals surface area contributed by atoms with Gasteiger partial charge in [0, 0.05) is 10.3 Å². The van der Waals surface area contributed by atoms with Gasteiger partial charge < -0.3 is 5.32 Å². The minimum Gasteiger partial charge on any atom is -0.324 e. The Balaban J connectivity index is 1.53. The smallest absolute Gasteiger partial charge is 0.324 e. The predicted octanol–water partition coefficient (Wildman–Crippen LogP) is 5.89. The van der Waals surface area contributed by atoms with Crippen LogP contribution in [0.2, 0.25) is 5.02 Å². The second-order valence-electron chi connectivity index (χ2n) is 6.64. The molecule has 1 aromatic carbocycles. The molecule has 1 amide bonds. The summed E-state index contributed by atoms with van der Waals surface area (Å²) >= 11 is 8.87. The zero-order valence-corrected chi connectivity index (χ0v) is 17.6. The summed E-state index contributed by atoms with van der Waals surface area (Å²) in [4.78, 5) is 23.6. The van der Waals surface area contributed by atoms with Crippen molar-refractivity contribution in [1.82, 2.24) is 9.97 Å². The third kappa shape index (κ3) is 4.22. The van der Waals surface area contributed by atoms with E-state index in [0.29, 0.717) is 5.82 Å². The number of fused-ring (bicyclic) bond motifs is 3. The summed E-state index contributed by atoms with van der Waals surface area (Å²) in [5.41, 5.74) is 0.327. The van der Waals surface area contributed by atoms with E-state index in [9.17, 15) is 18.0 Å². The molecule has 1 N–H and O–H groups in total. The molecule has 29 heavy (non-hydrogen) atoms. The third-order valence-electron chi connectivity index (χ3n) is 4.55. The van der Waals surface area contributed by atoms with Crippen LogP contribution in [0, 0.1) is 6.92 Å². The molecule has 10 heteroatoms. The Labute approximate surface area is 177 Å². The van der Waals surface area contributed by atoms with Crippen molar-refractivity contribution in [3.63, 3.8) is 0 Å². The van der Waals surface area contributed by atoms with Gasteiger partial charge in [-0.15, -0.1) is 11.3 Å². The molecule has 2 heterocycles. The molecular weight excluding hydrogens is 443 g/mol. The summed E-state index contributed by atoms with van der Waals surface area (Å²) in [6.45, 7) is 1.80. The Bertz CT molecular complexity index is 1110. The summed E-state index contributed by atoms with van der Waals surface area (Å²) in [6.07, 6.45) is -1.40. The van der Waals surface area contributed by atoms with Crippen LogP contribution in [0.4, 0.5) is 18.9 Å². The number of carbonyl (C=O) groups excluding carboxylic acids is 1. The Morgan fingerprint density at radius 1 is 1.31 bits per heavy atom. The maximum Gasteiger partial charge on any atom is 0.416 e. The van der Waals surface area contributed by atoms with Crippen molar-refractivity contribution in [2.24, 2.45) is 0 Å². The second kappa shape index (κ2) is 7.77. The molecule has 4 nitrogen and oxygen atoms in total. The van der Waals surface area contributed by atoms with Crippen LogP contribution in [0.25, 0.3) is 10.2 Å². The van der Waals surface area contributed by atoms with Crippen molar-refractivity contribution in [1.29, 1.82) is 0 Å². The Kier molecular flexibility index (Phi) is 5.48. The lowest BCUT2D eigenvalue weighted by Crippen LogP contribution is -2.15. The third-order valence-corrected chi connectivity index (χ3v) is 7.04. The summed E-state index contributed by atoms with van der Waals surface area (Å²) in [6, 6.07) is 2.84. The summed E-state index contributed by atoms with van der Waals surface area (Å²) in [5, 5.41) is 4.25. The maximum atomic E-state index is 12.9. The van der Waals surface area contributed by atoms with Gasteiger partial charge in [-0.25, -0.2) is 9.97 Å². The maximum absolute atomic E-state index is 12.9. The number of amides is 1. The highest BCUT2D eigenvalue weighted by Crippen LogP contribution is 2.40. The highest BCUT2D eigenvalue weighted by Gasteiger charge is 2.31. The fourth-order valence-electron chi connectivity index (χ4n) is 3.29. The molecule has 0 saturated carbocycles. The number of carbonyl (C=O) groups is 1. The number of aryl methyl sites for hydroxylation is 3. The van der Waals surface area contributed by atoms with Crippen LogP contribution in [0.3, 0.4) is 0 Å². The number of nitrogens with zero attached hydrogens (tertiary/aromatic N) is 2. The lowest BCUT2D eigenvalue weighted by molar-refractivity contribution is -0.137. The van der Waals surface area contributed by atoms with Crippen molar-refractivity contribution in [2.75, 3.05) is 11.1 Å². The largest absolute Gasteiger partial charge is 0.416 e. The first-order chi connectivity index (χ1) is 13.7. The van der Waals surface area contributed by atoms with Crippen LogP contribution >= 0.6 is 34.7 Å². The zero-order chi connectivity index (χ0) is 20.8. The van der Waals surface area contributed by atoms with E-state index in [1.807, 2.05) is 0 Å². The number of halogens is 4. The SMILES string of the molecule is Cc1nc(SCC(=O)Nc2cc(C(F)(F)F)ccc2Cl)c2c3c(sc2n1)CCC3. The number of anilines is 1. The van der Waals surface area contributed by atoms with Gasteiger partial charge in [-0.05, 0) is 49.9 Å². The molecule has 0 fully saturated rings. The minimum absolute atomic E-state index is 0.00273. The number of nitrogens with one attached hydrogen (secondary N) is 1. The van der Waals surface area contributed by atoms with Crippen molar-refractivity contribution in [3.8, 4) is 0 Å². The number of alkyl halides is 3. The number of thioether (sulfide) groups is 1. The lowest BCUT2D eigenvalue weighted by Gasteiger charge is -2.12. The van der Waals surface area contributed by atoms with Gasteiger partial charge in [0.25, 0.3) is 0 Å². The number of thiophene rings is 1. The van der Waals surface area contributed by atoms with Crippen molar-refractivity contribution in [2.45, 2.75) is 37.4 Å². The Morgan fingerprint density at radius 2 is 2.10 bits per heavy atom. The summed E-state index contributed by atoms with van der Waals surface area (Å²) in [5.74, 6) is 0.178. The molecule has 1 aliphatic carbocycles. The first-order valence-electron chi connectivity index (χ1n) is 8.80. The molecule has 0 bridgehead atoms. The number of hydrogen-bond donors (Lipinski definition) is 1. The monoisotopic (exact) mass is 457 g/mol. The number of hydrogen-bond acceptors (Lipinski definition) is 5. The summed E-state index contributed by atoms with van der Waals surface area (Å²) < 4.78 is 38.7. The van der Waals surface area contributed by atoms with Crippen LogP contribution in [0.5, 0.6) is 0 Å². The average Bonchev–Trinajstić information content (AvgIpc) is 3.21. The van der Waals surface area contributed by atoms with Crippen molar-refractivity contribution in [3.05, 3.63) is 45.1 Å². The predicted molar refractivity (Wildman–Crippen MR) is 110 cm³/mol. The molecule has 0 radical (unpaired) electrons. The van der Waals surface area contributed by atoms with Gasteiger partial charge in [-0.2, -0.15) is 13.2 Å². The van der Waals surface area contributed by atoms with Crippen LogP contribution in [0.1, 0.15) is 28.2 Å². The fraction of sp³-hybridized carbons (Fsp3) is 0.316. The number of aromatic nitrogens is 2. The Hall–Kier alpha value is -1.84. The first-order valence-corrected chi connectivity index (χ1v) is 11.0. The second-order valence-corrected chi connectivity index (χ2v) is 9.10. The van der Waals surface area contributed by atoms with E-state index in [0.717, 1.165) is 52.7 Å². The Morgan fingerprint density at radius 3 is 2.86 bits per heavy atom. The summed E-state index contributed by atoms with van der Waals surface area (Å²) in [7, 11) is 0. The zero-order valence-electron chi connectivity index (χ0n) is 15.2. The molecule has 0 saturated heterocycles.